The van der Waals surface area contributed by atoms with Crippen LogP contribution in [-0.2, 0) is 6.54 Å². The largest absolute Gasteiger partial charge is 0.370 e. The van der Waals surface area contributed by atoms with E-state index in [9.17, 15) is 8.78 Å². The van der Waals surface area contributed by atoms with E-state index < -0.39 is 11.6 Å². The van der Waals surface area contributed by atoms with E-state index in [1.54, 1.807) is 0 Å². The van der Waals surface area contributed by atoms with Gasteiger partial charge in [-0.25, -0.2) is 13.8 Å². The molecule has 0 aromatic heterocycles. The third-order valence-electron chi connectivity index (χ3n) is 2.26. The Labute approximate surface area is 123 Å². The zero-order valence-electron chi connectivity index (χ0n) is 10.2. The van der Waals surface area contributed by atoms with Gasteiger partial charge in [0.25, 0.3) is 0 Å². The molecular formula is C12H18F2IN3. The first-order chi connectivity index (χ1) is 8.13. The molecule has 102 valence electrons. The van der Waals surface area contributed by atoms with Gasteiger partial charge in [0.15, 0.2) is 5.96 Å². The smallest absolute Gasteiger partial charge is 0.188 e. The molecule has 0 saturated carbocycles. The van der Waals surface area contributed by atoms with Crippen LogP contribution >= 0.6 is 24.0 Å². The maximum absolute atomic E-state index is 13.2. The van der Waals surface area contributed by atoms with E-state index in [0.29, 0.717) is 0 Å². The minimum absolute atomic E-state index is 0. The first-order valence-corrected chi connectivity index (χ1v) is 5.61. The molecule has 0 aliphatic carbocycles. The zero-order chi connectivity index (χ0) is 12.7. The van der Waals surface area contributed by atoms with E-state index in [2.05, 4.69) is 17.2 Å². The fourth-order valence-corrected chi connectivity index (χ4v) is 1.28. The van der Waals surface area contributed by atoms with Crippen molar-refractivity contribution in [1.29, 1.82) is 0 Å². The Morgan fingerprint density at radius 3 is 2.78 bits per heavy atom. The highest BCUT2D eigenvalue weighted by atomic mass is 127. The Bertz CT molecular complexity index is 397. The highest BCUT2D eigenvalue weighted by Crippen LogP contribution is 2.10. The van der Waals surface area contributed by atoms with Crippen LogP contribution in [0, 0.1) is 11.6 Å². The number of halogens is 3. The number of guanidine groups is 1. The Morgan fingerprint density at radius 2 is 2.11 bits per heavy atom. The van der Waals surface area contributed by atoms with Gasteiger partial charge in [0, 0.05) is 12.1 Å². The average molecular weight is 369 g/mol. The number of nitrogens with one attached hydrogen (secondary N) is 1. The van der Waals surface area contributed by atoms with Crippen LogP contribution in [0.15, 0.2) is 23.2 Å². The van der Waals surface area contributed by atoms with E-state index >= 15 is 0 Å². The van der Waals surface area contributed by atoms with Crippen LogP contribution in [0.4, 0.5) is 8.78 Å². The normalized spacial score (nSPS) is 10.9. The van der Waals surface area contributed by atoms with Crippen molar-refractivity contribution in [1.82, 2.24) is 5.32 Å². The third-order valence-corrected chi connectivity index (χ3v) is 2.26. The number of nitrogens with zero attached hydrogens (tertiary/aromatic N) is 1. The maximum atomic E-state index is 13.2. The van der Waals surface area contributed by atoms with E-state index in [1.165, 1.54) is 0 Å². The summed E-state index contributed by atoms with van der Waals surface area (Å²) < 4.78 is 26.1. The number of unbranched alkanes of at least 4 members (excludes halogenated alkanes) is 1. The maximum Gasteiger partial charge on any atom is 0.188 e. The topological polar surface area (TPSA) is 50.4 Å². The highest BCUT2D eigenvalue weighted by molar-refractivity contribution is 14.0. The lowest BCUT2D eigenvalue weighted by atomic mass is 10.2. The Hall–Kier alpha value is -0.920. The monoisotopic (exact) mass is 369 g/mol. The molecule has 3 N–H and O–H groups in total. The second-order valence-corrected chi connectivity index (χ2v) is 3.72. The first-order valence-electron chi connectivity index (χ1n) is 5.61. The van der Waals surface area contributed by atoms with Crippen LogP contribution in [-0.4, -0.2) is 12.5 Å². The van der Waals surface area contributed by atoms with Crippen molar-refractivity contribution in [3.8, 4) is 0 Å². The Kier molecular flexibility index (Phi) is 8.61. The van der Waals surface area contributed by atoms with Gasteiger partial charge in [-0.2, -0.15) is 0 Å². The zero-order valence-corrected chi connectivity index (χ0v) is 12.6. The third kappa shape index (κ3) is 6.13. The summed E-state index contributed by atoms with van der Waals surface area (Å²) >= 11 is 0. The molecule has 1 aromatic rings. The average Bonchev–Trinajstić information content (AvgIpc) is 2.31. The van der Waals surface area contributed by atoms with Crippen molar-refractivity contribution in [2.75, 3.05) is 6.54 Å². The van der Waals surface area contributed by atoms with Crippen LogP contribution in [0.25, 0.3) is 0 Å². The molecule has 0 bridgehead atoms. The second-order valence-electron chi connectivity index (χ2n) is 3.72. The molecule has 6 heteroatoms. The van der Waals surface area contributed by atoms with Gasteiger partial charge in [-0.3, -0.25) is 0 Å². The summed E-state index contributed by atoms with van der Waals surface area (Å²) in [5.74, 6) is -0.701. The van der Waals surface area contributed by atoms with Crippen LogP contribution in [0.2, 0.25) is 0 Å². The summed E-state index contributed by atoms with van der Waals surface area (Å²) in [6, 6.07) is 3.28. The van der Waals surface area contributed by atoms with E-state index in [4.69, 9.17) is 5.73 Å². The molecular weight excluding hydrogens is 351 g/mol. The predicted octanol–water partition coefficient (Wildman–Crippen LogP) is 2.79. The molecule has 0 spiro atoms. The lowest BCUT2D eigenvalue weighted by molar-refractivity contribution is 0.585. The molecule has 0 amide bonds. The molecule has 0 aliphatic heterocycles. The lowest BCUT2D eigenvalue weighted by Gasteiger charge is -2.05. The van der Waals surface area contributed by atoms with Crippen molar-refractivity contribution in [2.45, 2.75) is 26.3 Å². The van der Waals surface area contributed by atoms with Crippen molar-refractivity contribution in [3.63, 3.8) is 0 Å². The van der Waals surface area contributed by atoms with E-state index in [0.717, 1.165) is 37.6 Å². The van der Waals surface area contributed by atoms with Crippen LogP contribution < -0.4 is 11.1 Å². The number of benzene rings is 1. The lowest BCUT2D eigenvalue weighted by Crippen LogP contribution is -2.32. The Balaban J connectivity index is 0.00000289. The second kappa shape index (κ2) is 9.07. The first kappa shape index (κ1) is 17.1. The van der Waals surface area contributed by atoms with Crippen LogP contribution in [0.3, 0.4) is 0 Å². The van der Waals surface area contributed by atoms with Crippen molar-refractivity contribution >= 4 is 29.9 Å². The fraction of sp³-hybridized carbons (Fsp3) is 0.417. The van der Waals surface area contributed by atoms with Crippen molar-refractivity contribution < 1.29 is 8.78 Å². The van der Waals surface area contributed by atoms with Crippen LogP contribution in [0.5, 0.6) is 0 Å². The summed E-state index contributed by atoms with van der Waals surface area (Å²) in [5, 5.41) is 2.90. The van der Waals surface area contributed by atoms with Gasteiger partial charge in [-0.1, -0.05) is 13.3 Å². The molecule has 0 fully saturated rings. The molecule has 0 atom stereocenters. The molecule has 3 nitrogen and oxygen atoms in total. The Morgan fingerprint density at radius 1 is 1.39 bits per heavy atom. The molecule has 0 radical (unpaired) electrons. The number of hydrogen-bond acceptors (Lipinski definition) is 1. The van der Waals surface area contributed by atoms with Gasteiger partial charge in [-0.15, -0.1) is 24.0 Å². The molecule has 1 rings (SSSR count). The molecule has 0 aliphatic rings. The van der Waals surface area contributed by atoms with Gasteiger partial charge in [0.05, 0.1) is 6.54 Å². The quantitative estimate of drug-likeness (QED) is 0.363. The van der Waals surface area contributed by atoms with Gasteiger partial charge in [0.1, 0.15) is 11.6 Å². The number of hydrogen-bond donors (Lipinski definition) is 2. The highest BCUT2D eigenvalue weighted by Gasteiger charge is 2.02. The summed E-state index contributed by atoms with van der Waals surface area (Å²) in [6.07, 6.45) is 2.04. The molecule has 0 unspecified atom stereocenters. The standard InChI is InChI=1S/C12H17F2N3.HI/c1-2-3-6-16-12(15)17-8-9-7-10(13)4-5-11(9)14;/h4-5,7H,2-3,6,8H2,1H3,(H3,15,16,17);1H. The molecule has 0 saturated heterocycles. The summed E-state index contributed by atoms with van der Waals surface area (Å²) in [7, 11) is 0. The molecule has 18 heavy (non-hydrogen) atoms. The number of rotatable bonds is 5. The van der Waals surface area contributed by atoms with Gasteiger partial charge in [-0.05, 0) is 24.6 Å². The summed E-state index contributed by atoms with van der Waals surface area (Å²) in [6.45, 7) is 2.84. The van der Waals surface area contributed by atoms with Crippen LogP contribution in [0.1, 0.15) is 25.3 Å². The predicted molar refractivity (Wildman–Crippen MR) is 80.0 cm³/mol. The molecule has 1 aromatic carbocycles. The van der Waals surface area contributed by atoms with Gasteiger partial charge >= 0.3 is 0 Å². The van der Waals surface area contributed by atoms with E-state index in [1.807, 2.05) is 0 Å². The van der Waals surface area contributed by atoms with Crippen molar-refractivity contribution in [3.05, 3.63) is 35.4 Å². The van der Waals surface area contributed by atoms with Crippen molar-refractivity contribution in [2.24, 2.45) is 10.7 Å². The SMILES string of the molecule is CCCCNC(N)=NCc1cc(F)ccc1F.I. The van der Waals surface area contributed by atoms with Gasteiger partial charge < -0.3 is 11.1 Å². The molecule has 0 heterocycles. The minimum Gasteiger partial charge on any atom is -0.370 e. The fourth-order valence-electron chi connectivity index (χ4n) is 1.28. The minimum atomic E-state index is -0.478. The number of nitrogens with two attached hydrogens (primary N) is 1. The summed E-state index contributed by atoms with van der Waals surface area (Å²) in [4.78, 5) is 3.94. The van der Waals surface area contributed by atoms with Gasteiger partial charge in [0.2, 0.25) is 0 Å². The summed E-state index contributed by atoms with van der Waals surface area (Å²) in [5.41, 5.74) is 5.77. The van der Waals surface area contributed by atoms with E-state index in [-0.39, 0.29) is 42.0 Å². The number of aliphatic imine (C=N–C) groups is 1.